The van der Waals surface area contributed by atoms with Crippen LogP contribution >= 0.6 is 0 Å². The van der Waals surface area contributed by atoms with Gasteiger partial charge in [-0.1, -0.05) is 31.5 Å². The number of hydrogen-bond donors (Lipinski definition) is 2. The Balaban J connectivity index is 1.96. The van der Waals surface area contributed by atoms with Crippen LogP contribution in [0.4, 0.5) is 0 Å². The number of carbonyl (C=O) groups excluding carboxylic acids is 1. The highest BCUT2D eigenvalue weighted by molar-refractivity contribution is 5.78. The monoisotopic (exact) mass is 326 g/mol. The lowest BCUT2D eigenvalue weighted by molar-refractivity contribution is -0.121. The van der Waals surface area contributed by atoms with Crippen molar-refractivity contribution in [2.24, 2.45) is 5.41 Å². The summed E-state index contributed by atoms with van der Waals surface area (Å²) < 4.78 is 2.02. The van der Waals surface area contributed by atoms with E-state index in [4.69, 9.17) is 0 Å². The van der Waals surface area contributed by atoms with Gasteiger partial charge in [-0.15, -0.1) is 0 Å². The van der Waals surface area contributed by atoms with E-state index in [-0.39, 0.29) is 17.4 Å². The van der Waals surface area contributed by atoms with Gasteiger partial charge in [0, 0.05) is 5.56 Å². The lowest BCUT2D eigenvalue weighted by Gasteiger charge is -2.36. The van der Waals surface area contributed by atoms with Crippen LogP contribution in [0.3, 0.4) is 0 Å². The van der Waals surface area contributed by atoms with Crippen LogP contribution < -0.4 is 10.6 Å². The Labute approximate surface area is 143 Å². The van der Waals surface area contributed by atoms with Gasteiger partial charge in [0.2, 0.25) is 5.91 Å². The van der Waals surface area contributed by atoms with Gasteiger partial charge in [-0.05, 0) is 44.4 Å². The molecule has 128 valence electrons. The maximum atomic E-state index is 12.0. The standard InChI is InChI=1S/C19H26N4O/c1-13-5-7-14(8-6-13)23-17-10-19(2,3)9-16(15(17)11-21-23)22-18(24)12-20-4/h5-8,11,16,20H,9-10,12H2,1-4H3,(H,22,24)/t16-/m0/s1. The number of amides is 1. The van der Waals surface area contributed by atoms with Crippen molar-refractivity contribution in [3.63, 3.8) is 0 Å². The Morgan fingerprint density at radius 1 is 1.33 bits per heavy atom. The number of nitrogens with zero attached hydrogens (tertiary/aromatic N) is 2. The van der Waals surface area contributed by atoms with Crippen LogP contribution in [-0.2, 0) is 11.2 Å². The van der Waals surface area contributed by atoms with Gasteiger partial charge >= 0.3 is 0 Å². The van der Waals surface area contributed by atoms with Crippen molar-refractivity contribution in [3.05, 3.63) is 47.3 Å². The van der Waals surface area contributed by atoms with E-state index in [1.54, 1.807) is 7.05 Å². The minimum absolute atomic E-state index is 0.0174. The molecule has 0 unspecified atom stereocenters. The third kappa shape index (κ3) is 3.36. The third-order valence-corrected chi connectivity index (χ3v) is 4.63. The van der Waals surface area contributed by atoms with Crippen LogP contribution in [0, 0.1) is 12.3 Å². The summed E-state index contributed by atoms with van der Waals surface area (Å²) in [4.78, 5) is 12.0. The average molecular weight is 326 g/mol. The van der Waals surface area contributed by atoms with Crippen molar-refractivity contribution in [2.45, 2.75) is 39.7 Å². The van der Waals surface area contributed by atoms with Gasteiger partial charge in [0.25, 0.3) is 0 Å². The number of carbonyl (C=O) groups is 1. The predicted octanol–water partition coefficient (Wildman–Crippen LogP) is 2.53. The van der Waals surface area contributed by atoms with E-state index in [0.29, 0.717) is 6.54 Å². The van der Waals surface area contributed by atoms with E-state index < -0.39 is 0 Å². The maximum Gasteiger partial charge on any atom is 0.234 e. The first kappa shape index (κ1) is 16.7. The Kier molecular flexibility index (Phi) is 4.45. The van der Waals surface area contributed by atoms with Gasteiger partial charge in [0.15, 0.2) is 0 Å². The normalized spacial score (nSPS) is 18.9. The summed E-state index contributed by atoms with van der Waals surface area (Å²) in [6, 6.07) is 8.41. The summed E-state index contributed by atoms with van der Waals surface area (Å²) in [6.45, 7) is 6.91. The number of aromatic nitrogens is 2. The van der Waals surface area contributed by atoms with E-state index in [9.17, 15) is 4.79 Å². The van der Waals surface area contributed by atoms with E-state index >= 15 is 0 Å². The van der Waals surface area contributed by atoms with Crippen molar-refractivity contribution in [2.75, 3.05) is 13.6 Å². The molecule has 5 nitrogen and oxygen atoms in total. The molecule has 0 bridgehead atoms. The van der Waals surface area contributed by atoms with Crippen LogP contribution in [0.5, 0.6) is 0 Å². The van der Waals surface area contributed by atoms with Crippen molar-refractivity contribution in [1.82, 2.24) is 20.4 Å². The summed E-state index contributed by atoms with van der Waals surface area (Å²) in [5.41, 5.74) is 4.76. The molecule has 0 spiro atoms. The Bertz CT molecular complexity index is 730. The molecule has 24 heavy (non-hydrogen) atoms. The fourth-order valence-electron chi connectivity index (χ4n) is 3.49. The second-order valence-electron chi connectivity index (χ2n) is 7.49. The molecule has 2 N–H and O–H groups in total. The first-order chi connectivity index (χ1) is 11.4. The highest BCUT2D eigenvalue weighted by atomic mass is 16.1. The van der Waals surface area contributed by atoms with Gasteiger partial charge in [-0.3, -0.25) is 4.79 Å². The molecule has 2 aromatic rings. The number of likely N-dealkylation sites (N-methyl/N-ethyl adjacent to an activating group) is 1. The molecule has 0 radical (unpaired) electrons. The summed E-state index contributed by atoms with van der Waals surface area (Å²) in [5, 5.41) is 10.7. The number of aryl methyl sites for hydroxylation is 1. The van der Waals surface area contributed by atoms with E-state index in [1.165, 1.54) is 11.3 Å². The zero-order valence-corrected chi connectivity index (χ0v) is 14.9. The molecule has 1 aliphatic rings. The Morgan fingerprint density at radius 3 is 2.71 bits per heavy atom. The van der Waals surface area contributed by atoms with Gasteiger partial charge < -0.3 is 10.6 Å². The largest absolute Gasteiger partial charge is 0.348 e. The SMILES string of the molecule is CNCC(=O)N[C@H]1CC(C)(C)Cc2c1cnn2-c1ccc(C)cc1. The number of benzene rings is 1. The highest BCUT2D eigenvalue weighted by Gasteiger charge is 2.35. The summed E-state index contributed by atoms with van der Waals surface area (Å²) in [6.07, 6.45) is 3.79. The molecule has 5 heteroatoms. The molecule has 0 saturated carbocycles. The predicted molar refractivity (Wildman–Crippen MR) is 95.2 cm³/mol. The van der Waals surface area contributed by atoms with Crippen LogP contribution in [0.15, 0.2) is 30.5 Å². The van der Waals surface area contributed by atoms with Crippen LogP contribution in [0.2, 0.25) is 0 Å². The Hall–Kier alpha value is -2.14. The van der Waals surface area contributed by atoms with E-state index in [1.807, 2.05) is 10.9 Å². The summed E-state index contributed by atoms with van der Waals surface area (Å²) in [5.74, 6) is 0.0224. The molecule has 1 aromatic carbocycles. The second kappa shape index (κ2) is 6.40. The first-order valence-electron chi connectivity index (χ1n) is 8.47. The van der Waals surface area contributed by atoms with Gasteiger partial charge in [0.05, 0.1) is 30.2 Å². The lowest BCUT2D eigenvalue weighted by atomic mass is 9.74. The third-order valence-electron chi connectivity index (χ3n) is 4.63. The molecular weight excluding hydrogens is 300 g/mol. The van der Waals surface area contributed by atoms with Crippen molar-refractivity contribution >= 4 is 5.91 Å². The molecular formula is C19H26N4O. The second-order valence-corrected chi connectivity index (χ2v) is 7.49. The lowest BCUT2D eigenvalue weighted by Crippen LogP contribution is -2.39. The zero-order chi connectivity index (χ0) is 17.3. The molecule has 1 aromatic heterocycles. The fraction of sp³-hybridized carbons (Fsp3) is 0.474. The summed E-state index contributed by atoms with van der Waals surface area (Å²) >= 11 is 0. The average Bonchev–Trinajstić information content (AvgIpc) is 2.90. The molecule has 0 fully saturated rings. The smallest absolute Gasteiger partial charge is 0.234 e. The van der Waals surface area contributed by atoms with Gasteiger partial charge in [-0.25, -0.2) is 4.68 Å². The molecule has 0 aliphatic heterocycles. The fourth-order valence-corrected chi connectivity index (χ4v) is 3.49. The molecule has 1 aliphatic carbocycles. The maximum absolute atomic E-state index is 12.0. The topological polar surface area (TPSA) is 59.0 Å². The molecule has 1 heterocycles. The highest BCUT2D eigenvalue weighted by Crippen LogP contribution is 2.41. The van der Waals surface area contributed by atoms with Crippen LogP contribution in [0.25, 0.3) is 5.69 Å². The van der Waals surface area contributed by atoms with Gasteiger partial charge in [0.1, 0.15) is 0 Å². The Morgan fingerprint density at radius 2 is 2.04 bits per heavy atom. The van der Waals surface area contributed by atoms with Crippen molar-refractivity contribution in [1.29, 1.82) is 0 Å². The van der Waals surface area contributed by atoms with E-state index in [2.05, 4.69) is 60.8 Å². The van der Waals surface area contributed by atoms with Crippen molar-refractivity contribution < 1.29 is 4.79 Å². The van der Waals surface area contributed by atoms with E-state index in [0.717, 1.165) is 24.1 Å². The number of hydrogen-bond acceptors (Lipinski definition) is 3. The first-order valence-corrected chi connectivity index (χ1v) is 8.47. The number of rotatable bonds is 4. The van der Waals surface area contributed by atoms with Crippen LogP contribution in [0.1, 0.15) is 43.1 Å². The van der Waals surface area contributed by atoms with Crippen LogP contribution in [-0.4, -0.2) is 29.3 Å². The number of nitrogens with one attached hydrogen (secondary N) is 2. The zero-order valence-electron chi connectivity index (χ0n) is 14.9. The van der Waals surface area contributed by atoms with Gasteiger partial charge in [-0.2, -0.15) is 5.10 Å². The van der Waals surface area contributed by atoms with Crippen molar-refractivity contribution in [3.8, 4) is 5.69 Å². The summed E-state index contributed by atoms with van der Waals surface area (Å²) in [7, 11) is 1.78. The molecule has 1 amide bonds. The molecule has 1 atom stereocenters. The molecule has 3 rings (SSSR count). The molecule has 0 saturated heterocycles. The number of fused-ring (bicyclic) bond motifs is 1. The minimum Gasteiger partial charge on any atom is -0.348 e. The quantitative estimate of drug-likeness (QED) is 0.908. The minimum atomic E-state index is 0.0174.